The third-order valence-corrected chi connectivity index (χ3v) is 3.54. The second kappa shape index (κ2) is 8.21. The molecule has 0 unspecified atom stereocenters. The van der Waals surface area contributed by atoms with E-state index in [1.807, 2.05) is 31.3 Å². The molecule has 6 nitrogen and oxygen atoms in total. The molecule has 2 N–H and O–H groups in total. The van der Waals surface area contributed by atoms with Crippen LogP contribution >= 0.6 is 0 Å². The molecular formula is C18H22N2O4. The van der Waals surface area contributed by atoms with Crippen LogP contribution < -0.4 is 24.8 Å². The van der Waals surface area contributed by atoms with Gasteiger partial charge in [-0.1, -0.05) is 12.1 Å². The summed E-state index contributed by atoms with van der Waals surface area (Å²) >= 11 is 0. The Morgan fingerprint density at radius 2 is 1.58 bits per heavy atom. The maximum Gasteiger partial charge on any atom is 0.259 e. The minimum atomic E-state index is -0.283. The highest BCUT2D eigenvalue weighted by molar-refractivity contribution is 6.07. The van der Waals surface area contributed by atoms with E-state index < -0.39 is 0 Å². The van der Waals surface area contributed by atoms with Crippen LogP contribution in [-0.2, 0) is 6.54 Å². The molecule has 6 heteroatoms. The molecule has 0 aliphatic heterocycles. The predicted octanol–water partition coefficient (Wildman–Crippen LogP) is 2.68. The monoisotopic (exact) mass is 330 g/mol. The van der Waals surface area contributed by atoms with E-state index in [0.29, 0.717) is 28.5 Å². The second-order valence-corrected chi connectivity index (χ2v) is 5.06. The van der Waals surface area contributed by atoms with Gasteiger partial charge in [0.25, 0.3) is 5.91 Å². The Morgan fingerprint density at radius 1 is 0.917 bits per heavy atom. The molecule has 0 spiro atoms. The summed E-state index contributed by atoms with van der Waals surface area (Å²) in [5.74, 6) is 0.939. The number of nitrogens with one attached hydrogen (secondary N) is 2. The summed E-state index contributed by atoms with van der Waals surface area (Å²) in [4.78, 5) is 12.6. The second-order valence-electron chi connectivity index (χ2n) is 5.06. The first-order valence-electron chi connectivity index (χ1n) is 7.48. The molecule has 0 aliphatic rings. The maximum absolute atomic E-state index is 12.6. The van der Waals surface area contributed by atoms with Crippen molar-refractivity contribution in [3.8, 4) is 17.2 Å². The average molecular weight is 330 g/mol. The number of carbonyl (C=O) groups is 1. The third kappa shape index (κ3) is 3.78. The molecular weight excluding hydrogens is 308 g/mol. The third-order valence-electron chi connectivity index (χ3n) is 3.54. The minimum Gasteiger partial charge on any atom is -0.493 e. The van der Waals surface area contributed by atoms with E-state index in [1.165, 1.54) is 21.3 Å². The van der Waals surface area contributed by atoms with Gasteiger partial charge < -0.3 is 24.8 Å². The maximum atomic E-state index is 12.6. The van der Waals surface area contributed by atoms with Gasteiger partial charge in [-0.15, -0.1) is 0 Å². The van der Waals surface area contributed by atoms with Crippen LogP contribution in [0.2, 0.25) is 0 Å². The fourth-order valence-corrected chi connectivity index (χ4v) is 2.39. The lowest BCUT2D eigenvalue weighted by Gasteiger charge is -2.15. The Labute approximate surface area is 141 Å². The zero-order valence-electron chi connectivity index (χ0n) is 14.3. The summed E-state index contributed by atoms with van der Waals surface area (Å²) < 4.78 is 15.9. The van der Waals surface area contributed by atoms with Crippen molar-refractivity contribution in [2.45, 2.75) is 6.54 Å². The van der Waals surface area contributed by atoms with Gasteiger partial charge in [0, 0.05) is 12.2 Å². The molecule has 24 heavy (non-hydrogen) atoms. The first kappa shape index (κ1) is 17.6. The number of anilines is 1. The number of amides is 1. The summed E-state index contributed by atoms with van der Waals surface area (Å²) in [5, 5.41) is 5.93. The smallest absolute Gasteiger partial charge is 0.259 e. The van der Waals surface area contributed by atoms with Crippen LogP contribution in [0.25, 0.3) is 0 Å². The van der Waals surface area contributed by atoms with Crippen LogP contribution in [0.15, 0.2) is 36.4 Å². The Kier molecular flexibility index (Phi) is 6.03. The van der Waals surface area contributed by atoms with Gasteiger partial charge in [-0.25, -0.2) is 0 Å². The van der Waals surface area contributed by atoms with Crippen molar-refractivity contribution >= 4 is 11.6 Å². The molecule has 2 rings (SSSR count). The largest absolute Gasteiger partial charge is 0.493 e. The van der Waals surface area contributed by atoms with E-state index in [4.69, 9.17) is 14.2 Å². The lowest BCUT2D eigenvalue weighted by atomic mass is 10.1. The SMILES string of the molecule is CNCc1ccc(NC(=O)c2ccc(OC)c(OC)c2OC)cc1. The van der Waals surface area contributed by atoms with Gasteiger partial charge in [-0.3, -0.25) is 4.79 Å². The summed E-state index contributed by atoms with van der Waals surface area (Å²) in [7, 11) is 6.41. The Bertz CT molecular complexity index is 699. The van der Waals surface area contributed by atoms with Crippen molar-refractivity contribution < 1.29 is 19.0 Å². The summed E-state index contributed by atoms with van der Waals surface area (Å²) in [6.45, 7) is 0.776. The first-order chi connectivity index (χ1) is 11.6. The van der Waals surface area contributed by atoms with Crippen LogP contribution in [0.5, 0.6) is 17.2 Å². The molecule has 0 atom stereocenters. The number of hydrogen-bond donors (Lipinski definition) is 2. The van der Waals surface area contributed by atoms with Crippen LogP contribution in [-0.4, -0.2) is 34.3 Å². The Hall–Kier alpha value is -2.73. The van der Waals surface area contributed by atoms with Crippen molar-refractivity contribution in [1.29, 1.82) is 0 Å². The van der Waals surface area contributed by atoms with Gasteiger partial charge in [0.05, 0.1) is 26.9 Å². The van der Waals surface area contributed by atoms with E-state index in [-0.39, 0.29) is 5.91 Å². The van der Waals surface area contributed by atoms with Gasteiger partial charge in [0.15, 0.2) is 11.5 Å². The number of rotatable bonds is 7. The normalized spacial score (nSPS) is 10.2. The fourth-order valence-electron chi connectivity index (χ4n) is 2.39. The first-order valence-corrected chi connectivity index (χ1v) is 7.48. The predicted molar refractivity (Wildman–Crippen MR) is 93.3 cm³/mol. The van der Waals surface area contributed by atoms with E-state index in [1.54, 1.807) is 12.1 Å². The van der Waals surface area contributed by atoms with Gasteiger partial charge in [0.2, 0.25) is 5.75 Å². The van der Waals surface area contributed by atoms with Crippen LogP contribution in [0.4, 0.5) is 5.69 Å². The molecule has 0 heterocycles. The van der Waals surface area contributed by atoms with E-state index >= 15 is 0 Å². The molecule has 2 aromatic rings. The molecule has 0 fully saturated rings. The average Bonchev–Trinajstić information content (AvgIpc) is 2.61. The molecule has 128 valence electrons. The molecule has 0 aliphatic carbocycles. The highest BCUT2D eigenvalue weighted by Crippen LogP contribution is 2.39. The summed E-state index contributed by atoms with van der Waals surface area (Å²) in [5.41, 5.74) is 2.21. The van der Waals surface area contributed by atoms with Crippen molar-refractivity contribution in [1.82, 2.24) is 5.32 Å². The van der Waals surface area contributed by atoms with Gasteiger partial charge in [-0.2, -0.15) is 0 Å². The molecule has 0 saturated heterocycles. The molecule has 0 radical (unpaired) electrons. The van der Waals surface area contributed by atoms with Crippen LogP contribution in [0.3, 0.4) is 0 Å². The van der Waals surface area contributed by atoms with Crippen molar-refractivity contribution in [2.75, 3.05) is 33.7 Å². The fraction of sp³-hybridized carbons (Fsp3) is 0.278. The van der Waals surface area contributed by atoms with E-state index in [9.17, 15) is 4.79 Å². The zero-order chi connectivity index (χ0) is 17.5. The van der Waals surface area contributed by atoms with Crippen molar-refractivity contribution in [2.24, 2.45) is 0 Å². The molecule has 0 saturated carbocycles. The van der Waals surface area contributed by atoms with Gasteiger partial charge in [0.1, 0.15) is 0 Å². The number of ether oxygens (including phenoxy) is 3. The highest BCUT2D eigenvalue weighted by Gasteiger charge is 2.20. The van der Waals surface area contributed by atoms with E-state index in [2.05, 4.69) is 10.6 Å². The van der Waals surface area contributed by atoms with Crippen LogP contribution in [0, 0.1) is 0 Å². The Balaban J connectivity index is 2.26. The molecule has 2 aromatic carbocycles. The highest BCUT2D eigenvalue weighted by atomic mass is 16.5. The number of benzene rings is 2. The van der Waals surface area contributed by atoms with Crippen LogP contribution in [0.1, 0.15) is 15.9 Å². The minimum absolute atomic E-state index is 0.283. The molecule has 1 amide bonds. The lowest BCUT2D eigenvalue weighted by molar-refractivity contribution is 0.102. The molecule has 0 bridgehead atoms. The van der Waals surface area contributed by atoms with Crippen molar-refractivity contribution in [3.63, 3.8) is 0 Å². The van der Waals surface area contributed by atoms with Gasteiger partial charge >= 0.3 is 0 Å². The number of methoxy groups -OCH3 is 3. The van der Waals surface area contributed by atoms with Crippen molar-refractivity contribution in [3.05, 3.63) is 47.5 Å². The molecule has 0 aromatic heterocycles. The number of hydrogen-bond acceptors (Lipinski definition) is 5. The number of carbonyl (C=O) groups excluding carboxylic acids is 1. The summed E-state index contributed by atoms with van der Waals surface area (Å²) in [6.07, 6.45) is 0. The lowest BCUT2D eigenvalue weighted by Crippen LogP contribution is -2.14. The van der Waals surface area contributed by atoms with E-state index in [0.717, 1.165) is 12.1 Å². The standard InChI is InChI=1S/C18H22N2O4/c1-19-11-12-5-7-13(8-6-12)20-18(21)14-9-10-15(22-2)17(24-4)16(14)23-3/h5-10,19H,11H2,1-4H3,(H,20,21). The zero-order valence-corrected chi connectivity index (χ0v) is 14.3. The quantitative estimate of drug-likeness (QED) is 0.817. The summed E-state index contributed by atoms with van der Waals surface area (Å²) in [6, 6.07) is 10.9. The topological polar surface area (TPSA) is 68.8 Å². The van der Waals surface area contributed by atoms with Gasteiger partial charge in [-0.05, 0) is 36.9 Å². The Morgan fingerprint density at radius 3 is 2.12 bits per heavy atom.